The molecule has 176 valence electrons. The van der Waals surface area contributed by atoms with Gasteiger partial charge in [-0.2, -0.15) is 0 Å². The van der Waals surface area contributed by atoms with Crippen LogP contribution in [0.15, 0.2) is 97.6 Å². The van der Waals surface area contributed by atoms with E-state index in [0.717, 1.165) is 23.2 Å². The lowest BCUT2D eigenvalue weighted by atomic mass is 10.1. The van der Waals surface area contributed by atoms with Crippen LogP contribution in [0.1, 0.15) is 32.4 Å². The summed E-state index contributed by atoms with van der Waals surface area (Å²) in [5, 5.41) is 3.00. The van der Waals surface area contributed by atoms with Crippen LogP contribution in [-0.2, 0) is 17.8 Å². The number of imidazole rings is 1. The molecule has 0 radical (unpaired) electrons. The molecule has 0 unspecified atom stereocenters. The number of aromatic nitrogens is 2. The zero-order valence-electron chi connectivity index (χ0n) is 19.2. The number of thioether (sulfide) groups is 1. The zero-order valence-corrected chi connectivity index (χ0v) is 20.0. The Labute approximate surface area is 209 Å². The van der Waals surface area contributed by atoms with Crippen LogP contribution >= 0.6 is 11.8 Å². The summed E-state index contributed by atoms with van der Waals surface area (Å²) in [6, 6.07) is 25.7. The van der Waals surface area contributed by atoms with E-state index in [1.807, 2.05) is 82.4 Å². The molecular formula is C28H26N4O2S. The highest BCUT2D eigenvalue weighted by atomic mass is 32.2. The van der Waals surface area contributed by atoms with Gasteiger partial charge in [0.25, 0.3) is 5.91 Å². The van der Waals surface area contributed by atoms with Crippen molar-refractivity contribution in [2.24, 2.45) is 0 Å². The van der Waals surface area contributed by atoms with Crippen LogP contribution in [0.5, 0.6) is 0 Å². The van der Waals surface area contributed by atoms with Crippen LogP contribution < -0.4 is 5.32 Å². The third-order valence-corrected chi connectivity index (χ3v) is 7.38. The zero-order chi connectivity index (χ0) is 24.0. The summed E-state index contributed by atoms with van der Waals surface area (Å²) >= 11 is 1.64. The third-order valence-electron chi connectivity index (χ3n) is 6.12. The first-order chi connectivity index (χ1) is 17.2. The van der Waals surface area contributed by atoms with Gasteiger partial charge in [0.15, 0.2) is 0 Å². The van der Waals surface area contributed by atoms with Crippen molar-refractivity contribution in [3.8, 4) is 5.69 Å². The lowest BCUT2D eigenvalue weighted by molar-refractivity contribution is -0.128. The molecule has 0 bridgehead atoms. The van der Waals surface area contributed by atoms with E-state index >= 15 is 0 Å². The minimum absolute atomic E-state index is 0.0228. The normalized spacial score (nSPS) is 15.4. The first-order valence-electron chi connectivity index (χ1n) is 11.6. The lowest BCUT2D eigenvalue weighted by Gasteiger charge is -2.24. The molecule has 1 aliphatic heterocycles. The van der Waals surface area contributed by atoms with Crippen LogP contribution in [0, 0.1) is 0 Å². The van der Waals surface area contributed by atoms with Gasteiger partial charge in [-0.3, -0.25) is 9.59 Å². The van der Waals surface area contributed by atoms with Crippen molar-refractivity contribution < 1.29 is 9.59 Å². The molecule has 7 heteroatoms. The number of carbonyl (C=O) groups is 2. The molecule has 1 aliphatic rings. The molecule has 3 aromatic carbocycles. The second-order valence-corrected chi connectivity index (χ2v) is 9.46. The Morgan fingerprint density at radius 3 is 2.54 bits per heavy atom. The van der Waals surface area contributed by atoms with Gasteiger partial charge >= 0.3 is 0 Å². The molecular weight excluding hydrogens is 456 g/mol. The summed E-state index contributed by atoms with van der Waals surface area (Å²) in [5.41, 5.74) is 4.84. The van der Waals surface area contributed by atoms with Crippen LogP contribution in [0.25, 0.3) is 5.69 Å². The highest BCUT2D eigenvalue weighted by Gasteiger charge is 2.32. The largest absolute Gasteiger partial charge is 0.348 e. The summed E-state index contributed by atoms with van der Waals surface area (Å²) in [4.78, 5) is 31.4. The summed E-state index contributed by atoms with van der Waals surface area (Å²) < 4.78 is 1.93. The fourth-order valence-electron chi connectivity index (χ4n) is 4.26. The van der Waals surface area contributed by atoms with Gasteiger partial charge in [0.2, 0.25) is 5.91 Å². The van der Waals surface area contributed by atoms with Gasteiger partial charge in [0, 0.05) is 31.0 Å². The molecule has 1 fully saturated rings. The Balaban J connectivity index is 1.22. The van der Waals surface area contributed by atoms with Gasteiger partial charge in [0.1, 0.15) is 5.37 Å². The minimum Gasteiger partial charge on any atom is -0.348 e. The average molecular weight is 483 g/mol. The number of nitrogens with zero attached hydrogens (tertiary/aromatic N) is 3. The highest BCUT2D eigenvalue weighted by molar-refractivity contribution is 8.00. The fraction of sp³-hybridized carbons (Fsp3) is 0.179. The van der Waals surface area contributed by atoms with E-state index in [9.17, 15) is 9.59 Å². The van der Waals surface area contributed by atoms with Crippen LogP contribution in [0.4, 0.5) is 0 Å². The van der Waals surface area contributed by atoms with E-state index < -0.39 is 0 Å². The summed E-state index contributed by atoms with van der Waals surface area (Å²) in [7, 11) is 0. The minimum atomic E-state index is -0.131. The summed E-state index contributed by atoms with van der Waals surface area (Å²) in [6.45, 7) is 1.09. The van der Waals surface area contributed by atoms with Crippen LogP contribution in [0.3, 0.4) is 0 Å². The average Bonchev–Trinajstić information content (AvgIpc) is 3.57. The van der Waals surface area contributed by atoms with E-state index in [1.54, 1.807) is 24.3 Å². The topological polar surface area (TPSA) is 67.2 Å². The maximum absolute atomic E-state index is 12.8. The van der Waals surface area contributed by atoms with Gasteiger partial charge < -0.3 is 14.8 Å². The molecule has 1 atom stereocenters. The molecule has 0 saturated carbocycles. The molecule has 6 nitrogen and oxygen atoms in total. The Hall–Kier alpha value is -3.84. The number of para-hydroxylation sites is 1. The van der Waals surface area contributed by atoms with Crippen molar-refractivity contribution in [2.45, 2.75) is 18.3 Å². The number of rotatable bonds is 8. The molecule has 2 heterocycles. The van der Waals surface area contributed by atoms with Crippen molar-refractivity contribution in [3.05, 3.63) is 120 Å². The van der Waals surface area contributed by atoms with E-state index in [4.69, 9.17) is 0 Å². The summed E-state index contributed by atoms with van der Waals surface area (Å²) in [5.74, 6) is 0.514. The molecule has 5 rings (SSSR count). The maximum atomic E-state index is 12.8. The number of benzene rings is 3. The third kappa shape index (κ3) is 5.30. The second-order valence-electron chi connectivity index (χ2n) is 8.39. The number of hydrogen-bond donors (Lipinski definition) is 1. The number of nitrogens with one attached hydrogen (secondary N) is 1. The standard InChI is InChI=1S/C28H26N4O2S/c33-26-19-35-28(32(26)16-14-21-6-2-1-3-7-21)23-12-10-22(11-13-23)27(34)30-18-24-8-4-5-9-25(24)31-17-15-29-20-31/h1-13,15,17,20,28H,14,16,18-19H2,(H,30,34)/t28-/m1/s1. The predicted octanol–water partition coefficient (Wildman–Crippen LogP) is 4.62. The monoisotopic (exact) mass is 482 g/mol. The van der Waals surface area contributed by atoms with Crippen molar-refractivity contribution in [2.75, 3.05) is 12.3 Å². The van der Waals surface area contributed by atoms with Crippen LogP contribution in [0.2, 0.25) is 0 Å². The molecule has 35 heavy (non-hydrogen) atoms. The predicted molar refractivity (Wildman–Crippen MR) is 138 cm³/mol. The van der Waals surface area contributed by atoms with Crippen LogP contribution in [-0.4, -0.2) is 38.6 Å². The Bertz CT molecular complexity index is 1290. The van der Waals surface area contributed by atoms with E-state index in [1.165, 1.54) is 5.56 Å². The highest BCUT2D eigenvalue weighted by Crippen LogP contribution is 2.38. The molecule has 1 saturated heterocycles. The summed E-state index contributed by atoms with van der Waals surface area (Å²) in [6.07, 6.45) is 6.18. The van der Waals surface area contributed by atoms with Crippen molar-refractivity contribution in [1.82, 2.24) is 19.8 Å². The van der Waals surface area contributed by atoms with Gasteiger partial charge in [-0.1, -0.05) is 60.7 Å². The van der Waals surface area contributed by atoms with Crippen molar-refractivity contribution in [1.29, 1.82) is 0 Å². The smallest absolute Gasteiger partial charge is 0.251 e. The van der Waals surface area contributed by atoms with E-state index in [-0.39, 0.29) is 17.2 Å². The maximum Gasteiger partial charge on any atom is 0.251 e. The number of hydrogen-bond acceptors (Lipinski definition) is 4. The van der Waals surface area contributed by atoms with E-state index in [2.05, 4.69) is 22.4 Å². The first-order valence-corrected chi connectivity index (χ1v) is 12.6. The fourth-order valence-corrected chi connectivity index (χ4v) is 5.48. The second kappa shape index (κ2) is 10.6. The quantitative estimate of drug-likeness (QED) is 0.398. The SMILES string of the molecule is O=C(NCc1ccccc1-n1ccnc1)c1ccc([C@H]2SCC(=O)N2CCc2ccccc2)cc1. The van der Waals surface area contributed by atoms with Crippen molar-refractivity contribution in [3.63, 3.8) is 0 Å². The lowest BCUT2D eigenvalue weighted by Crippen LogP contribution is -2.30. The Morgan fingerprint density at radius 1 is 1.00 bits per heavy atom. The molecule has 4 aromatic rings. The number of carbonyl (C=O) groups excluding carboxylic acids is 2. The van der Waals surface area contributed by atoms with E-state index in [0.29, 0.717) is 24.4 Å². The molecule has 0 aliphatic carbocycles. The van der Waals surface area contributed by atoms with Gasteiger partial charge in [0.05, 0.1) is 17.8 Å². The Kier molecular flexibility index (Phi) is 6.95. The van der Waals surface area contributed by atoms with Gasteiger partial charge in [-0.25, -0.2) is 4.98 Å². The first kappa shape index (κ1) is 22.9. The molecule has 0 spiro atoms. The number of amides is 2. The molecule has 1 N–H and O–H groups in total. The molecule has 1 aromatic heterocycles. The molecule has 2 amide bonds. The van der Waals surface area contributed by atoms with Crippen molar-refractivity contribution >= 4 is 23.6 Å². The Morgan fingerprint density at radius 2 is 1.77 bits per heavy atom. The van der Waals surface area contributed by atoms with Gasteiger partial charge in [-0.15, -0.1) is 11.8 Å². The van der Waals surface area contributed by atoms with Gasteiger partial charge in [-0.05, 0) is 41.3 Å².